The summed E-state index contributed by atoms with van der Waals surface area (Å²) in [4.78, 5) is 11.8. The molecule has 13 heavy (non-hydrogen) atoms. The Hall–Kier alpha value is -1.97. The van der Waals surface area contributed by atoms with E-state index in [4.69, 9.17) is 0 Å². The predicted octanol–water partition coefficient (Wildman–Crippen LogP) is 1.24. The summed E-state index contributed by atoms with van der Waals surface area (Å²) in [5.41, 5.74) is 0.593. The van der Waals surface area contributed by atoms with Gasteiger partial charge in [-0.15, -0.1) is 0 Å². The molecule has 0 unspecified atom stereocenters. The van der Waals surface area contributed by atoms with Gasteiger partial charge in [0.25, 0.3) is 0 Å². The largest absolute Gasteiger partial charge is 0.506 e. The van der Waals surface area contributed by atoms with Gasteiger partial charge in [-0.05, 0) is 12.1 Å². The van der Waals surface area contributed by atoms with Crippen LogP contribution in [-0.2, 0) is 0 Å². The van der Waals surface area contributed by atoms with Crippen molar-refractivity contribution in [2.24, 2.45) is 0 Å². The molecule has 64 valence electrons. The second-order valence-corrected chi connectivity index (χ2v) is 2.47. The number of hydrogen-bond donors (Lipinski definition) is 1. The summed E-state index contributed by atoms with van der Waals surface area (Å²) in [5.74, 6) is 0.594. The Morgan fingerprint density at radius 3 is 2.54 bits per heavy atom. The van der Waals surface area contributed by atoms with E-state index < -0.39 is 0 Å². The molecule has 2 aromatic heterocycles. The van der Waals surface area contributed by atoms with Gasteiger partial charge in [0.15, 0.2) is 5.82 Å². The number of nitrogens with zero attached hydrogens (tertiary/aromatic N) is 3. The maximum absolute atomic E-state index is 9.42. The third-order valence-corrected chi connectivity index (χ3v) is 1.61. The van der Waals surface area contributed by atoms with E-state index in [1.807, 2.05) is 0 Å². The Kier molecular flexibility index (Phi) is 1.88. The highest BCUT2D eigenvalue weighted by Crippen LogP contribution is 2.23. The number of aromatic nitrogens is 3. The van der Waals surface area contributed by atoms with Crippen LogP contribution < -0.4 is 0 Å². The Morgan fingerprint density at radius 2 is 1.85 bits per heavy atom. The van der Waals surface area contributed by atoms with Crippen molar-refractivity contribution < 1.29 is 5.11 Å². The monoisotopic (exact) mass is 173 g/mol. The highest BCUT2D eigenvalue weighted by molar-refractivity contribution is 5.61. The highest BCUT2D eigenvalue weighted by atomic mass is 16.3. The molecular formula is C9H7N3O. The van der Waals surface area contributed by atoms with Crippen molar-refractivity contribution >= 4 is 0 Å². The van der Waals surface area contributed by atoms with E-state index >= 15 is 0 Å². The van der Waals surface area contributed by atoms with Gasteiger partial charge in [-0.25, -0.2) is 9.97 Å². The number of pyridine rings is 1. The third-order valence-electron chi connectivity index (χ3n) is 1.61. The van der Waals surface area contributed by atoms with Gasteiger partial charge in [0.2, 0.25) is 0 Å². The summed E-state index contributed by atoms with van der Waals surface area (Å²) < 4.78 is 0. The molecule has 0 saturated carbocycles. The molecule has 2 rings (SSSR count). The van der Waals surface area contributed by atoms with E-state index in [1.54, 1.807) is 30.7 Å². The predicted molar refractivity (Wildman–Crippen MR) is 46.9 cm³/mol. The Labute approximate surface area is 74.9 Å². The molecule has 4 heteroatoms. The average Bonchev–Trinajstić information content (AvgIpc) is 2.20. The Morgan fingerprint density at radius 1 is 1.08 bits per heavy atom. The number of rotatable bonds is 1. The quantitative estimate of drug-likeness (QED) is 0.704. The van der Waals surface area contributed by atoms with E-state index in [-0.39, 0.29) is 5.75 Å². The van der Waals surface area contributed by atoms with Crippen LogP contribution in [0.2, 0.25) is 0 Å². The average molecular weight is 173 g/mol. The molecule has 0 aliphatic rings. The summed E-state index contributed by atoms with van der Waals surface area (Å²) >= 11 is 0. The molecule has 0 bridgehead atoms. The molecular weight excluding hydrogens is 166 g/mol. The van der Waals surface area contributed by atoms with Crippen LogP contribution in [0.15, 0.2) is 36.9 Å². The van der Waals surface area contributed by atoms with Crippen molar-refractivity contribution in [3.8, 4) is 17.1 Å². The van der Waals surface area contributed by atoms with Crippen molar-refractivity contribution in [2.45, 2.75) is 0 Å². The maximum atomic E-state index is 9.42. The number of aromatic hydroxyl groups is 1. The van der Waals surface area contributed by atoms with Crippen LogP contribution in [0.4, 0.5) is 0 Å². The first kappa shape index (κ1) is 7.67. The van der Waals surface area contributed by atoms with Crippen LogP contribution in [0.25, 0.3) is 11.4 Å². The minimum Gasteiger partial charge on any atom is -0.506 e. The van der Waals surface area contributed by atoms with Crippen LogP contribution in [0, 0.1) is 0 Å². The van der Waals surface area contributed by atoms with E-state index in [1.165, 1.54) is 6.20 Å². The lowest BCUT2D eigenvalue weighted by Gasteiger charge is -1.99. The molecule has 2 aromatic rings. The number of hydrogen-bond acceptors (Lipinski definition) is 4. The molecule has 0 aromatic carbocycles. The normalized spacial score (nSPS) is 9.85. The van der Waals surface area contributed by atoms with Gasteiger partial charge in [-0.3, -0.25) is 4.98 Å². The molecule has 0 radical (unpaired) electrons. The molecule has 0 aliphatic heterocycles. The van der Waals surface area contributed by atoms with Crippen LogP contribution in [0.3, 0.4) is 0 Å². The zero-order valence-corrected chi connectivity index (χ0v) is 6.75. The molecule has 0 aliphatic carbocycles. The van der Waals surface area contributed by atoms with Crippen LogP contribution in [0.1, 0.15) is 0 Å². The maximum Gasteiger partial charge on any atom is 0.162 e. The topological polar surface area (TPSA) is 58.9 Å². The first-order chi connectivity index (χ1) is 6.38. The lowest BCUT2D eigenvalue weighted by atomic mass is 10.2. The standard InChI is InChI=1S/C9H7N3O/c13-8-6-10-5-2-7(8)9-11-3-1-4-12-9/h1-6,13H. The van der Waals surface area contributed by atoms with Gasteiger partial charge < -0.3 is 5.11 Å². The lowest BCUT2D eigenvalue weighted by Crippen LogP contribution is -1.87. The Bertz CT molecular complexity index is 403. The first-order valence-electron chi connectivity index (χ1n) is 3.78. The second-order valence-electron chi connectivity index (χ2n) is 2.47. The smallest absolute Gasteiger partial charge is 0.162 e. The minimum atomic E-state index is 0.0914. The van der Waals surface area contributed by atoms with E-state index in [2.05, 4.69) is 15.0 Å². The summed E-state index contributed by atoms with van der Waals surface area (Å²) in [7, 11) is 0. The van der Waals surface area contributed by atoms with Crippen molar-refractivity contribution in [1.29, 1.82) is 0 Å². The summed E-state index contributed by atoms with van der Waals surface area (Å²) in [6, 6.07) is 3.40. The van der Waals surface area contributed by atoms with Crippen molar-refractivity contribution in [2.75, 3.05) is 0 Å². The zero-order chi connectivity index (χ0) is 9.10. The Balaban J connectivity index is 2.54. The van der Waals surface area contributed by atoms with Crippen molar-refractivity contribution in [1.82, 2.24) is 15.0 Å². The van der Waals surface area contributed by atoms with Gasteiger partial charge in [0.05, 0.1) is 11.8 Å². The molecule has 1 N–H and O–H groups in total. The van der Waals surface area contributed by atoms with Gasteiger partial charge in [-0.1, -0.05) is 0 Å². The van der Waals surface area contributed by atoms with Crippen molar-refractivity contribution in [3.63, 3.8) is 0 Å². The van der Waals surface area contributed by atoms with Crippen LogP contribution in [0.5, 0.6) is 5.75 Å². The highest BCUT2D eigenvalue weighted by Gasteiger charge is 2.04. The fourth-order valence-corrected chi connectivity index (χ4v) is 1.01. The molecule has 2 heterocycles. The summed E-state index contributed by atoms with van der Waals surface area (Å²) in [6.07, 6.45) is 6.21. The second kappa shape index (κ2) is 3.18. The SMILES string of the molecule is Oc1cnccc1-c1ncccn1. The lowest BCUT2D eigenvalue weighted by molar-refractivity contribution is 0.474. The van der Waals surface area contributed by atoms with Gasteiger partial charge in [-0.2, -0.15) is 0 Å². The van der Waals surface area contributed by atoms with E-state index in [0.717, 1.165) is 0 Å². The third kappa shape index (κ3) is 1.46. The van der Waals surface area contributed by atoms with Crippen molar-refractivity contribution in [3.05, 3.63) is 36.9 Å². The van der Waals surface area contributed by atoms with Gasteiger partial charge in [0.1, 0.15) is 5.75 Å². The van der Waals surface area contributed by atoms with E-state index in [0.29, 0.717) is 11.4 Å². The van der Waals surface area contributed by atoms with E-state index in [9.17, 15) is 5.11 Å². The van der Waals surface area contributed by atoms with Gasteiger partial charge >= 0.3 is 0 Å². The zero-order valence-electron chi connectivity index (χ0n) is 6.75. The molecule has 0 fully saturated rings. The fraction of sp³-hybridized carbons (Fsp3) is 0. The minimum absolute atomic E-state index is 0.0914. The molecule has 0 amide bonds. The van der Waals surface area contributed by atoms with Gasteiger partial charge in [0, 0.05) is 18.6 Å². The van der Waals surface area contributed by atoms with Crippen LogP contribution in [-0.4, -0.2) is 20.1 Å². The molecule has 4 nitrogen and oxygen atoms in total. The fourth-order valence-electron chi connectivity index (χ4n) is 1.01. The summed E-state index contributed by atoms with van der Waals surface area (Å²) in [6.45, 7) is 0. The molecule has 0 saturated heterocycles. The molecule has 0 spiro atoms. The summed E-state index contributed by atoms with van der Waals surface area (Å²) in [5, 5.41) is 9.42. The first-order valence-corrected chi connectivity index (χ1v) is 3.78. The molecule has 0 atom stereocenters. The van der Waals surface area contributed by atoms with Crippen LogP contribution >= 0.6 is 0 Å².